The zero-order valence-corrected chi connectivity index (χ0v) is 13.1. The molecule has 0 spiro atoms. The number of aromatic nitrogens is 4. The summed E-state index contributed by atoms with van der Waals surface area (Å²) >= 11 is 1.40. The van der Waals surface area contributed by atoms with E-state index < -0.39 is 11.5 Å². The average Bonchev–Trinajstić information content (AvgIpc) is 3.15. The van der Waals surface area contributed by atoms with Crippen molar-refractivity contribution >= 4 is 33.2 Å². The number of benzene rings is 1. The molecule has 0 fully saturated rings. The Labute approximate surface area is 138 Å². The van der Waals surface area contributed by atoms with Crippen LogP contribution in [0.1, 0.15) is 15.4 Å². The van der Waals surface area contributed by atoms with E-state index in [1.165, 1.54) is 17.7 Å². The molecule has 0 aliphatic rings. The lowest BCUT2D eigenvalue weighted by Gasteiger charge is -2.04. The van der Waals surface area contributed by atoms with Crippen LogP contribution in [0.2, 0.25) is 0 Å². The molecule has 0 unspecified atom stereocenters. The third-order valence-electron chi connectivity index (χ3n) is 3.44. The van der Waals surface area contributed by atoms with E-state index in [9.17, 15) is 9.59 Å². The lowest BCUT2D eigenvalue weighted by molar-refractivity contribution is 0.0950. The lowest BCUT2D eigenvalue weighted by atomic mass is 10.2. The number of nitrogens with one attached hydrogen (secondary N) is 1. The number of amides is 1. The Balaban J connectivity index is 1.46. The first-order valence-corrected chi connectivity index (χ1v) is 7.99. The molecule has 1 aromatic carbocycles. The molecular weight excluding hydrogens is 330 g/mol. The van der Waals surface area contributed by atoms with Crippen molar-refractivity contribution in [2.24, 2.45) is 0 Å². The van der Waals surface area contributed by atoms with Crippen LogP contribution >= 0.6 is 11.3 Å². The SMILES string of the molecule is O=C(NCCc1nn2cnnc2s1)c1cc2ccccc2oc1=O. The summed E-state index contributed by atoms with van der Waals surface area (Å²) in [6.07, 6.45) is 2.06. The molecule has 8 nitrogen and oxygen atoms in total. The Morgan fingerprint density at radius 3 is 3.08 bits per heavy atom. The van der Waals surface area contributed by atoms with Crippen LogP contribution in [0.25, 0.3) is 15.9 Å². The monoisotopic (exact) mass is 341 g/mol. The molecular formula is C15H11N5O3S. The molecule has 120 valence electrons. The minimum absolute atomic E-state index is 0.00755. The molecule has 0 aliphatic carbocycles. The van der Waals surface area contributed by atoms with E-state index >= 15 is 0 Å². The second-order valence-electron chi connectivity index (χ2n) is 5.05. The van der Waals surface area contributed by atoms with Crippen LogP contribution in [0.3, 0.4) is 0 Å². The van der Waals surface area contributed by atoms with Gasteiger partial charge < -0.3 is 9.73 Å². The van der Waals surface area contributed by atoms with Gasteiger partial charge in [-0.25, -0.2) is 4.79 Å². The first kappa shape index (κ1) is 14.5. The van der Waals surface area contributed by atoms with Gasteiger partial charge in [-0.05, 0) is 12.1 Å². The van der Waals surface area contributed by atoms with Gasteiger partial charge in [0.15, 0.2) is 0 Å². The van der Waals surface area contributed by atoms with E-state index in [1.54, 1.807) is 28.8 Å². The van der Waals surface area contributed by atoms with Gasteiger partial charge in [-0.3, -0.25) is 4.79 Å². The Kier molecular flexibility index (Phi) is 3.54. The average molecular weight is 341 g/mol. The molecule has 1 N–H and O–H groups in total. The number of carbonyl (C=O) groups is 1. The van der Waals surface area contributed by atoms with Crippen molar-refractivity contribution in [3.05, 3.63) is 57.7 Å². The minimum atomic E-state index is -0.648. The molecule has 0 aliphatic heterocycles. The first-order chi connectivity index (χ1) is 11.7. The Morgan fingerprint density at radius 2 is 2.21 bits per heavy atom. The maximum Gasteiger partial charge on any atom is 0.349 e. The van der Waals surface area contributed by atoms with Crippen LogP contribution in [-0.2, 0) is 6.42 Å². The van der Waals surface area contributed by atoms with E-state index in [2.05, 4.69) is 20.6 Å². The van der Waals surface area contributed by atoms with Crippen LogP contribution in [0.5, 0.6) is 0 Å². The fourth-order valence-corrected chi connectivity index (χ4v) is 3.11. The first-order valence-electron chi connectivity index (χ1n) is 7.17. The summed E-state index contributed by atoms with van der Waals surface area (Å²) in [5.74, 6) is -0.461. The van der Waals surface area contributed by atoms with Crippen molar-refractivity contribution in [2.75, 3.05) is 6.54 Å². The van der Waals surface area contributed by atoms with Gasteiger partial charge in [0.25, 0.3) is 5.91 Å². The van der Waals surface area contributed by atoms with E-state index in [-0.39, 0.29) is 5.56 Å². The largest absolute Gasteiger partial charge is 0.422 e. The molecule has 9 heteroatoms. The van der Waals surface area contributed by atoms with Crippen molar-refractivity contribution < 1.29 is 9.21 Å². The van der Waals surface area contributed by atoms with Gasteiger partial charge in [-0.1, -0.05) is 29.5 Å². The second kappa shape index (κ2) is 5.85. The van der Waals surface area contributed by atoms with Crippen molar-refractivity contribution in [3.8, 4) is 0 Å². The Bertz CT molecular complexity index is 1070. The van der Waals surface area contributed by atoms with E-state index in [4.69, 9.17) is 4.42 Å². The van der Waals surface area contributed by atoms with Gasteiger partial charge in [0.05, 0.1) is 0 Å². The molecule has 0 saturated heterocycles. The molecule has 4 rings (SSSR count). The van der Waals surface area contributed by atoms with E-state index in [0.29, 0.717) is 28.9 Å². The topological polar surface area (TPSA) is 102 Å². The zero-order valence-electron chi connectivity index (χ0n) is 12.3. The fourth-order valence-electron chi connectivity index (χ4n) is 2.30. The number of para-hydroxylation sites is 1. The van der Waals surface area contributed by atoms with Crippen molar-refractivity contribution in [3.63, 3.8) is 0 Å². The summed E-state index contributed by atoms with van der Waals surface area (Å²) in [5, 5.41) is 16.2. The number of nitrogens with zero attached hydrogens (tertiary/aromatic N) is 4. The Hall–Kier alpha value is -3.07. The van der Waals surface area contributed by atoms with Crippen molar-refractivity contribution in [1.29, 1.82) is 0 Å². The quantitative estimate of drug-likeness (QED) is 0.561. The number of hydrogen-bond acceptors (Lipinski definition) is 7. The molecule has 1 amide bonds. The van der Waals surface area contributed by atoms with Gasteiger partial charge in [0.2, 0.25) is 4.96 Å². The van der Waals surface area contributed by atoms with Crippen LogP contribution in [0, 0.1) is 0 Å². The predicted molar refractivity (Wildman–Crippen MR) is 87.2 cm³/mol. The second-order valence-corrected chi connectivity index (χ2v) is 6.09. The third-order valence-corrected chi connectivity index (χ3v) is 4.41. The van der Waals surface area contributed by atoms with Crippen LogP contribution in [-0.4, -0.2) is 32.3 Å². The minimum Gasteiger partial charge on any atom is -0.422 e. The fraction of sp³-hybridized carbons (Fsp3) is 0.133. The molecule has 0 bridgehead atoms. The summed E-state index contributed by atoms with van der Waals surface area (Å²) in [5.41, 5.74) is -0.198. The summed E-state index contributed by atoms with van der Waals surface area (Å²) < 4.78 is 6.75. The maximum absolute atomic E-state index is 12.2. The summed E-state index contributed by atoms with van der Waals surface area (Å²) in [6, 6.07) is 8.60. The number of rotatable bonds is 4. The van der Waals surface area contributed by atoms with Crippen LogP contribution < -0.4 is 10.9 Å². The normalized spacial score (nSPS) is 11.2. The van der Waals surface area contributed by atoms with Gasteiger partial charge in [0.1, 0.15) is 22.5 Å². The summed E-state index contributed by atoms with van der Waals surface area (Å²) in [7, 11) is 0. The molecule has 4 aromatic rings. The van der Waals surface area contributed by atoms with Gasteiger partial charge >= 0.3 is 5.63 Å². The molecule has 3 aromatic heterocycles. The van der Waals surface area contributed by atoms with Gasteiger partial charge in [-0.15, -0.1) is 10.2 Å². The Morgan fingerprint density at radius 1 is 1.33 bits per heavy atom. The molecule has 3 heterocycles. The number of carbonyl (C=O) groups excluding carboxylic acids is 1. The highest BCUT2D eigenvalue weighted by atomic mass is 32.1. The maximum atomic E-state index is 12.2. The highest BCUT2D eigenvalue weighted by Crippen LogP contribution is 2.13. The van der Waals surface area contributed by atoms with Crippen LogP contribution in [0.15, 0.2) is 45.9 Å². The summed E-state index contributed by atoms with van der Waals surface area (Å²) in [4.78, 5) is 24.8. The molecule has 24 heavy (non-hydrogen) atoms. The number of fused-ring (bicyclic) bond motifs is 2. The van der Waals surface area contributed by atoms with Crippen molar-refractivity contribution in [2.45, 2.75) is 6.42 Å². The van der Waals surface area contributed by atoms with E-state index in [0.717, 1.165) is 5.01 Å². The standard InChI is InChI=1S/C15H11N5O3S/c21-13(10-7-9-3-1-2-4-11(9)23-14(10)22)16-6-5-12-19-20-8-17-18-15(20)24-12/h1-4,7-8H,5-6H2,(H,16,21). The van der Waals surface area contributed by atoms with Gasteiger partial charge in [-0.2, -0.15) is 9.61 Å². The van der Waals surface area contributed by atoms with Crippen LogP contribution in [0.4, 0.5) is 0 Å². The molecule has 0 radical (unpaired) electrons. The predicted octanol–water partition coefficient (Wildman–Crippen LogP) is 1.26. The van der Waals surface area contributed by atoms with E-state index in [1.807, 2.05) is 6.07 Å². The molecule has 0 atom stereocenters. The number of hydrogen-bond donors (Lipinski definition) is 1. The zero-order chi connectivity index (χ0) is 16.5. The third kappa shape index (κ3) is 2.65. The highest BCUT2D eigenvalue weighted by Gasteiger charge is 2.13. The highest BCUT2D eigenvalue weighted by molar-refractivity contribution is 7.16. The smallest absolute Gasteiger partial charge is 0.349 e. The summed E-state index contributed by atoms with van der Waals surface area (Å²) in [6.45, 7) is 0.356. The molecule has 0 saturated carbocycles. The lowest BCUT2D eigenvalue weighted by Crippen LogP contribution is -2.29. The van der Waals surface area contributed by atoms with Crippen molar-refractivity contribution in [1.82, 2.24) is 25.1 Å². The van der Waals surface area contributed by atoms with Gasteiger partial charge in [0, 0.05) is 18.4 Å².